The van der Waals surface area contributed by atoms with Gasteiger partial charge in [0.15, 0.2) is 5.25 Å². The van der Waals surface area contributed by atoms with Gasteiger partial charge in [-0.05, 0) is 19.1 Å². The number of carbonyl (C=O) groups is 1. The van der Waals surface area contributed by atoms with Crippen LogP contribution >= 0.6 is 0 Å². The minimum atomic E-state index is -4.25. The van der Waals surface area contributed by atoms with E-state index in [0.29, 0.717) is 0 Å². The van der Waals surface area contributed by atoms with Gasteiger partial charge in [-0.15, -0.1) is 0 Å². The topological polar surface area (TPSA) is 149 Å². The number of carboxylic acid groups (broad SMARTS) is 1. The van der Waals surface area contributed by atoms with Gasteiger partial charge in [-0.2, -0.15) is 0 Å². The number of fused-ring (bicyclic) bond motifs is 1. The van der Waals surface area contributed by atoms with Gasteiger partial charge in [-0.1, -0.05) is 6.07 Å². The summed E-state index contributed by atoms with van der Waals surface area (Å²) in [5, 5.41) is 11.1. The third-order valence-electron chi connectivity index (χ3n) is 2.89. The molecule has 1 aromatic carbocycles. The molecule has 1 aromatic heterocycles. The van der Waals surface area contributed by atoms with Gasteiger partial charge < -0.3 is 5.11 Å². The molecule has 4 N–H and O–H groups in total. The molecule has 112 valence electrons. The molecule has 0 saturated carbocycles. The lowest BCUT2D eigenvalue weighted by molar-refractivity contribution is -0.136. The molecule has 0 amide bonds. The Morgan fingerprint density at radius 1 is 1.24 bits per heavy atom. The van der Waals surface area contributed by atoms with Crippen molar-refractivity contribution >= 4 is 32.5 Å². The average molecular weight is 313 g/mol. The Kier molecular flexibility index (Phi) is 3.56. The molecule has 2 rings (SSSR count). The number of sulfonamides is 1. The van der Waals surface area contributed by atoms with Crippen LogP contribution < -0.4 is 15.8 Å². The fourth-order valence-corrected chi connectivity index (χ4v) is 2.61. The Morgan fingerprint density at radius 3 is 2.48 bits per heavy atom. The summed E-state index contributed by atoms with van der Waals surface area (Å²) in [4.78, 5) is 34.1. The van der Waals surface area contributed by atoms with Crippen molar-refractivity contribution in [1.29, 1.82) is 0 Å². The minimum Gasteiger partial charge on any atom is -0.480 e. The highest BCUT2D eigenvalue weighted by Gasteiger charge is 2.28. The molecule has 0 spiro atoms. The zero-order valence-corrected chi connectivity index (χ0v) is 11.5. The fourth-order valence-electron chi connectivity index (χ4n) is 1.69. The maximum absolute atomic E-state index is 11.9. The van der Waals surface area contributed by atoms with Gasteiger partial charge in [0.05, 0.1) is 16.5 Å². The van der Waals surface area contributed by atoms with Crippen LogP contribution in [-0.2, 0) is 14.8 Å². The summed E-state index contributed by atoms with van der Waals surface area (Å²) in [5.74, 6) is -1.53. The molecule has 0 aliphatic carbocycles. The zero-order chi connectivity index (χ0) is 15.8. The van der Waals surface area contributed by atoms with Crippen LogP contribution in [0.4, 0.5) is 5.69 Å². The van der Waals surface area contributed by atoms with Crippen molar-refractivity contribution in [1.82, 2.24) is 10.2 Å². The highest BCUT2D eigenvalue weighted by molar-refractivity contribution is 7.94. The van der Waals surface area contributed by atoms with Crippen molar-refractivity contribution in [2.45, 2.75) is 12.2 Å². The first-order valence-corrected chi connectivity index (χ1v) is 7.27. The Hall–Kier alpha value is -2.62. The number of aromatic amines is 2. The summed E-state index contributed by atoms with van der Waals surface area (Å²) in [5.41, 5.74) is -1.46. The van der Waals surface area contributed by atoms with Crippen molar-refractivity contribution in [3.05, 3.63) is 38.9 Å². The van der Waals surface area contributed by atoms with E-state index in [0.717, 1.165) is 6.92 Å². The molecule has 0 saturated heterocycles. The highest BCUT2D eigenvalue weighted by Crippen LogP contribution is 2.19. The van der Waals surface area contributed by atoms with Crippen LogP contribution in [-0.4, -0.2) is 34.9 Å². The molecule has 9 nitrogen and oxygen atoms in total. The Bertz CT molecular complexity index is 927. The number of carboxylic acids is 1. The summed E-state index contributed by atoms with van der Waals surface area (Å²) in [6.45, 7) is 0.993. The first-order chi connectivity index (χ1) is 9.74. The van der Waals surface area contributed by atoms with Crippen molar-refractivity contribution < 1.29 is 18.3 Å². The highest BCUT2D eigenvalue weighted by atomic mass is 32.2. The summed E-state index contributed by atoms with van der Waals surface area (Å²) in [7, 11) is -4.25. The lowest BCUT2D eigenvalue weighted by Gasteiger charge is -2.12. The van der Waals surface area contributed by atoms with Crippen LogP contribution in [0, 0.1) is 0 Å². The van der Waals surface area contributed by atoms with E-state index in [2.05, 4.69) is 10.2 Å². The molecule has 0 aliphatic heterocycles. The third-order valence-corrected chi connectivity index (χ3v) is 4.53. The van der Waals surface area contributed by atoms with Gasteiger partial charge in [0.2, 0.25) is 10.0 Å². The van der Waals surface area contributed by atoms with E-state index in [-0.39, 0.29) is 16.5 Å². The summed E-state index contributed by atoms with van der Waals surface area (Å²) in [6, 6.07) is 3.99. The van der Waals surface area contributed by atoms with Crippen LogP contribution in [0.2, 0.25) is 0 Å². The Morgan fingerprint density at radius 2 is 1.86 bits per heavy atom. The van der Waals surface area contributed by atoms with Crippen molar-refractivity contribution in [2.24, 2.45) is 0 Å². The van der Waals surface area contributed by atoms with Gasteiger partial charge in [0, 0.05) is 0 Å². The second-order valence-corrected chi connectivity index (χ2v) is 6.27. The van der Waals surface area contributed by atoms with Crippen LogP contribution in [0.1, 0.15) is 6.92 Å². The standard InChI is InChI=1S/C11H11N3O6S/c1-5(11(17)18)21(19,20)14-7-4-2-3-6-8(7)10(16)13-12-9(6)15/h2-5,14H,1H3,(H,12,15)(H,13,16)(H,17,18). The molecule has 0 fully saturated rings. The van der Waals surface area contributed by atoms with Gasteiger partial charge in [0.25, 0.3) is 11.1 Å². The monoisotopic (exact) mass is 313 g/mol. The van der Waals surface area contributed by atoms with E-state index < -0.39 is 32.4 Å². The number of nitrogens with one attached hydrogen (secondary N) is 3. The first kappa shape index (κ1) is 14.8. The molecule has 10 heteroatoms. The summed E-state index contributed by atoms with van der Waals surface area (Å²) >= 11 is 0. The SMILES string of the molecule is CC(C(=O)O)S(=O)(=O)Nc1cccc2c(=O)[nH][nH]c(=O)c12. The van der Waals surface area contributed by atoms with Gasteiger partial charge in [-0.25, -0.2) is 8.42 Å². The lowest BCUT2D eigenvalue weighted by atomic mass is 10.2. The van der Waals surface area contributed by atoms with Crippen LogP contribution in [0.15, 0.2) is 27.8 Å². The largest absolute Gasteiger partial charge is 0.480 e. The minimum absolute atomic E-state index is 0.0121. The first-order valence-electron chi connectivity index (χ1n) is 5.72. The van der Waals surface area contributed by atoms with Crippen LogP contribution in [0.25, 0.3) is 10.8 Å². The smallest absolute Gasteiger partial charge is 0.323 e. The van der Waals surface area contributed by atoms with Crippen molar-refractivity contribution in [3.63, 3.8) is 0 Å². The van der Waals surface area contributed by atoms with Gasteiger partial charge >= 0.3 is 5.97 Å². The zero-order valence-electron chi connectivity index (χ0n) is 10.7. The van der Waals surface area contributed by atoms with E-state index in [1.807, 2.05) is 4.72 Å². The van der Waals surface area contributed by atoms with Crippen LogP contribution in [0.5, 0.6) is 0 Å². The predicted octanol–water partition coefficient (Wildman–Crippen LogP) is -0.569. The Labute approximate surface area is 117 Å². The number of H-pyrrole nitrogens is 2. The van der Waals surface area contributed by atoms with Gasteiger partial charge in [0.1, 0.15) is 0 Å². The van der Waals surface area contributed by atoms with E-state index in [1.54, 1.807) is 0 Å². The van der Waals surface area contributed by atoms with E-state index in [4.69, 9.17) is 5.11 Å². The Balaban J connectivity index is 2.65. The average Bonchev–Trinajstić information content (AvgIpc) is 2.41. The molecule has 21 heavy (non-hydrogen) atoms. The number of aliphatic carboxylic acids is 1. The number of benzene rings is 1. The molecule has 1 unspecified atom stereocenters. The normalized spacial score (nSPS) is 13.0. The molecule has 0 aliphatic rings. The second kappa shape index (κ2) is 5.05. The lowest BCUT2D eigenvalue weighted by Crippen LogP contribution is -2.32. The van der Waals surface area contributed by atoms with E-state index in [9.17, 15) is 22.8 Å². The molecular formula is C11H11N3O6S. The molecular weight excluding hydrogens is 302 g/mol. The number of hydrogen-bond donors (Lipinski definition) is 4. The van der Waals surface area contributed by atoms with Crippen LogP contribution in [0.3, 0.4) is 0 Å². The predicted molar refractivity (Wildman–Crippen MR) is 74.8 cm³/mol. The molecule has 0 bridgehead atoms. The molecule has 0 radical (unpaired) electrons. The van der Waals surface area contributed by atoms with E-state index in [1.165, 1.54) is 18.2 Å². The maximum atomic E-state index is 11.9. The maximum Gasteiger partial charge on any atom is 0.323 e. The summed E-state index contributed by atoms with van der Waals surface area (Å²) in [6.07, 6.45) is 0. The molecule has 1 atom stereocenters. The number of hydrogen-bond acceptors (Lipinski definition) is 5. The molecule has 2 aromatic rings. The molecule has 1 heterocycles. The van der Waals surface area contributed by atoms with Gasteiger partial charge in [-0.3, -0.25) is 29.3 Å². The number of anilines is 1. The third kappa shape index (κ3) is 2.65. The fraction of sp³-hybridized carbons (Fsp3) is 0.182. The van der Waals surface area contributed by atoms with Crippen molar-refractivity contribution in [3.8, 4) is 0 Å². The summed E-state index contributed by atoms with van der Waals surface area (Å²) < 4.78 is 25.8. The van der Waals surface area contributed by atoms with Crippen molar-refractivity contribution in [2.75, 3.05) is 4.72 Å². The number of aromatic nitrogens is 2. The second-order valence-electron chi connectivity index (χ2n) is 4.26. The quantitative estimate of drug-likeness (QED) is 0.594. The van der Waals surface area contributed by atoms with E-state index >= 15 is 0 Å². The number of rotatable bonds is 4.